The highest BCUT2D eigenvalue weighted by Gasteiger charge is 2.20. The lowest BCUT2D eigenvalue weighted by Gasteiger charge is -2.29. The minimum atomic E-state index is -0.208. The summed E-state index contributed by atoms with van der Waals surface area (Å²) in [4.78, 5) is 14.2. The van der Waals surface area contributed by atoms with Crippen LogP contribution in [0, 0.1) is 5.92 Å². The van der Waals surface area contributed by atoms with Crippen molar-refractivity contribution < 1.29 is 9.53 Å². The molecule has 0 radical (unpaired) electrons. The summed E-state index contributed by atoms with van der Waals surface area (Å²) in [5, 5.41) is 5.79. The monoisotopic (exact) mass is 315 g/mol. The van der Waals surface area contributed by atoms with Gasteiger partial charge in [0.15, 0.2) is 0 Å². The van der Waals surface area contributed by atoms with Crippen molar-refractivity contribution in [2.75, 3.05) is 26.7 Å². The van der Waals surface area contributed by atoms with Gasteiger partial charge in [-0.15, -0.1) is 0 Å². The molecular formula is C18H25N3O2. The van der Waals surface area contributed by atoms with Gasteiger partial charge in [-0.2, -0.15) is 5.10 Å². The topological polar surface area (TPSA) is 47.4 Å². The smallest absolute Gasteiger partial charge is 0.311 e. The van der Waals surface area contributed by atoms with E-state index in [0.29, 0.717) is 12.5 Å². The maximum absolute atomic E-state index is 11.8. The first-order valence-corrected chi connectivity index (χ1v) is 8.46. The standard InChI is InChI=1S/C18H25N3O2/c1-3-23-18(22)11-16-15-8-4-5-9-17(15)21(19-16)13-14-7-6-10-20(2)12-14/h4-5,8-9,14H,3,6-7,10-13H2,1-2H3/t14-/m1/s1. The number of rotatable bonds is 5. The normalized spacial score (nSPS) is 19.1. The maximum Gasteiger partial charge on any atom is 0.311 e. The average Bonchev–Trinajstić information content (AvgIpc) is 2.86. The van der Waals surface area contributed by atoms with Gasteiger partial charge in [-0.3, -0.25) is 9.48 Å². The first-order chi connectivity index (χ1) is 11.2. The molecule has 0 bridgehead atoms. The zero-order valence-corrected chi connectivity index (χ0v) is 14.0. The van der Waals surface area contributed by atoms with Gasteiger partial charge in [-0.25, -0.2) is 0 Å². The second-order valence-corrected chi connectivity index (χ2v) is 6.40. The van der Waals surface area contributed by atoms with Crippen molar-refractivity contribution in [3.8, 4) is 0 Å². The summed E-state index contributed by atoms with van der Waals surface area (Å²) in [5.41, 5.74) is 1.93. The number of hydrogen-bond donors (Lipinski definition) is 0. The Morgan fingerprint density at radius 2 is 2.22 bits per heavy atom. The quantitative estimate of drug-likeness (QED) is 0.795. The Bertz CT molecular complexity index is 680. The molecule has 3 rings (SSSR count). The Morgan fingerprint density at radius 3 is 3.00 bits per heavy atom. The van der Waals surface area contributed by atoms with Crippen LogP contribution >= 0.6 is 0 Å². The summed E-state index contributed by atoms with van der Waals surface area (Å²) in [5.74, 6) is 0.410. The number of hydrogen-bond acceptors (Lipinski definition) is 4. The van der Waals surface area contributed by atoms with Crippen LogP contribution in [0.1, 0.15) is 25.5 Å². The second kappa shape index (κ2) is 7.13. The maximum atomic E-state index is 11.8. The number of ether oxygens (including phenoxy) is 1. The molecule has 1 atom stereocenters. The molecule has 1 saturated heterocycles. The predicted molar refractivity (Wildman–Crippen MR) is 90.3 cm³/mol. The fourth-order valence-electron chi connectivity index (χ4n) is 3.48. The highest BCUT2D eigenvalue weighted by Crippen LogP contribution is 2.23. The van der Waals surface area contributed by atoms with Crippen molar-refractivity contribution in [2.45, 2.75) is 32.7 Å². The first-order valence-electron chi connectivity index (χ1n) is 8.46. The Kier molecular flexibility index (Phi) is 4.96. The third-order valence-corrected chi connectivity index (χ3v) is 4.50. The summed E-state index contributed by atoms with van der Waals surface area (Å²) in [7, 11) is 2.18. The van der Waals surface area contributed by atoms with E-state index in [1.54, 1.807) is 0 Å². The summed E-state index contributed by atoms with van der Waals surface area (Å²) in [6.07, 6.45) is 2.73. The van der Waals surface area contributed by atoms with E-state index in [2.05, 4.69) is 22.7 Å². The van der Waals surface area contributed by atoms with E-state index in [9.17, 15) is 4.79 Å². The van der Waals surface area contributed by atoms with Crippen molar-refractivity contribution in [2.24, 2.45) is 5.92 Å². The second-order valence-electron chi connectivity index (χ2n) is 6.40. The number of carbonyl (C=O) groups excluding carboxylic acids is 1. The number of piperidine rings is 1. The third kappa shape index (κ3) is 3.72. The minimum absolute atomic E-state index is 0.208. The van der Waals surface area contributed by atoms with E-state index in [4.69, 9.17) is 9.84 Å². The van der Waals surface area contributed by atoms with Crippen LogP contribution < -0.4 is 0 Å². The Balaban J connectivity index is 1.84. The molecule has 2 aromatic rings. The van der Waals surface area contributed by atoms with E-state index in [0.717, 1.165) is 29.7 Å². The SMILES string of the molecule is CCOC(=O)Cc1nn(C[C@@H]2CCCN(C)C2)c2ccccc12. The van der Waals surface area contributed by atoms with Gasteiger partial charge in [0.05, 0.1) is 24.2 Å². The lowest BCUT2D eigenvalue weighted by molar-refractivity contribution is -0.142. The van der Waals surface area contributed by atoms with Gasteiger partial charge >= 0.3 is 5.97 Å². The zero-order valence-electron chi connectivity index (χ0n) is 14.0. The molecule has 1 aliphatic rings. The van der Waals surface area contributed by atoms with Gasteiger partial charge in [-0.05, 0) is 45.3 Å². The number of nitrogens with zero attached hydrogens (tertiary/aromatic N) is 3. The van der Waals surface area contributed by atoms with Gasteiger partial charge in [-0.1, -0.05) is 18.2 Å². The van der Waals surface area contributed by atoms with Crippen LogP contribution in [0.2, 0.25) is 0 Å². The molecule has 0 unspecified atom stereocenters. The molecule has 1 fully saturated rings. The minimum Gasteiger partial charge on any atom is -0.466 e. The summed E-state index contributed by atoms with van der Waals surface area (Å²) in [6, 6.07) is 8.16. The molecule has 0 aliphatic carbocycles. The van der Waals surface area contributed by atoms with Crippen molar-refractivity contribution in [3.05, 3.63) is 30.0 Å². The molecule has 2 heterocycles. The van der Waals surface area contributed by atoms with Crippen molar-refractivity contribution in [1.29, 1.82) is 0 Å². The number of benzene rings is 1. The number of carbonyl (C=O) groups is 1. The Morgan fingerprint density at radius 1 is 1.39 bits per heavy atom. The number of esters is 1. The number of fused-ring (bicyclic) bond motifs is 1. The highest BCUT2D eigenvalue weighted by molar-refractivity contribution is 5.86. The van der Waals surface area contributed by atoms with Gasteiger partial charge < -0.3 is 9.64 Å². The molecule has 1 aromatic carbocycles. The summed E-state index contributed by atoms with van der Waals surface area (Å²) >= 11 is 0. The van der Waals surface area contributed by atoms with E-state index < -0.39 is 0 Å². The van der Waals surface area contributed by atoms with Crippen LogP contribution in [-0.4, -0.2) is 47.4 Å². The van der Waals surface area contributed by atoms with Crippen LogP contribution in [-0.2, 0) is 22.5 Å². The summed E-state index contributed by atoms with van der Waals surface area (Å²) in [6.45, 7) is 5.44. The Labute approximate surface area is 137 Å². The van der Waals surface area contributed by atoms with E-state index in [1.807, 2.05) is 25.1 Å². The average molecular weight is 315 g/mol. The van der Waals surface area contributed by atoms with Gasteiger partial charge in [0.2, 0.25) is 0 Å². The number of para-hydroxylation sites is 1. The summed E-state index contributed by atoms with van der Waals surface area (Å²) < 4.78 is 7.15. The molecule has 0 saturated carbocycles. The van der Waals surface area contributed by atoms with Gasteiger partial charge in [0, 0.05) is 18.5 Å². The van der Waals surface area contributed by atoms with Crippen LogP contribution in [0.25, 0.3) is 10.9 Å². The fourth-order valence-corrected chi connectivity index (χ4v) is 3.48. The highest BCUT2D eigenvalue weighted by atomic mass is 16.5. The molecule has 0 N–H and O–H groups in total. The van der Waals surface area contributed by atoms with Crippen molar-refractivity contribution in [1.82, 2.24) is 14.7 Å². The van der Waals surface area contributed by atoms with Crippen molar-refractivity contribution in [3.63, 3.8) is 0 Å². The molecule has 5 heteroatoms. The third-order valence-electron chi connectivity index (χ3n) is 4.50. The molecular weight excluding hydrogens is 290 g/mol. The van der Waals surface area contributed by atoms with Crippen LogP contribution in [0.15, 0.2) is 24.3 Å². The lowest BCUT2D eigenvalue weighted by atomic mass is 9.98. The predicted octanol–water partition coefficient (Wildman–Crippen LogP) is 2.48. The zero-order chi connectivity index (χ0) is 16.2. The lowest BCUT2D eigenvalue weighted by Crippen LogP contribution is -2.34. The van der Waals surface area contributed by atoms with E-state index >= 15 is 0 Å². The van der Waals surface area contributed by atoms with Gasteiger partial charge in [0.25, 0.3) is 0 Å². The first kappa shape index (κ1) is 16.0. The largest absolute Gasteiger partial charge is 0.466 e. The number of aromatic nitrogens is 2. The van der Waals surface area contributed by atoms with Gasteiger partial charge in [0.1, 0.15) is 0 Å². The number of likely N-dealkylation sites (tertiary alicyclic amines) is 1. The van der Waals surface area contributed by atoms with Crippen molar-refractivity contribution >= 4 is 16.9 Å². The molecule has 0 spiro atoms. The van der Waals surface area contributed by atoms with E-state index in [1.165, 1.54) is 19.4 Å². The Hall–Kier alpha value is -1.88. The fraction of sp³-hybridized carbons (Fsp3) is 0.556. The molecule has 124 valence electrons. The van der Waals surface area contributed by atoms with Crippen LogP contribution in [0.3, 0.4) is 0 Å². The molecule has 23 heavy (non-hydrogen) atoms. The van der Waals surface area contributed by atoms with E-state index in [-0.39, 0.29) is 12.4 Å². The van der Waals surface area contributed by atoms with Crippen LogP contribution in [0.5, 0.6) is 0 Å². The molecule has 1 aliphatic heterocycles. The van der Waals surface area contributed by atoms with Crippen LogP contribution in [0.4, 0.5) is 0 Å². The molecule has 1 aromatic heterocycles. The molecule has 0 amide bonds. The molecule has 5 nitrogen and oxygen atoms in total.